The molecule has 1 spiro atoms. The molecule has 0 saturated carbocycles. The van der Waals surface area contributed by atoms with Gasteiger partial charge in [-0.05, 0) is 42.5 Å². The van der Waals surface area contributed by atoms with Crippen LogP contribution in [0.25, 0.3) is 0 Å². The highest BCUT2D eigenvalue weighted by molar-refractivity contribution is 5.42. The molecule has 1 aromatic carbocycles. The van der Waals surface area contributed by atoms with Crippen LogP contribution in [0.4, 0.5) is 0 Å². The van der Waals surface area contributed by atoms with Crippen molar-refractivity contribution < 1.29 is 14.2 Å². The summed E-state index contributed by atoms with van der Waals surface area (Å²) in [6.45, 7) is 7.90. The molecule has 1 saturated heterocycles. The number of fused-ring (bicyclic) bond motifs is 2. The number of benzene rings is 1. The van der Waals surface area contributed by atoms with Crippen LogP contribution < -0.4 is 9.47 Å². The Bertz CT molecular complexity index is 860. The summed E-state index contributed by atoms with van der Waals surface area (Å²) in [7, 11) is 3.34. The third-order valence-electron chi connectivity index (χ3n) is 6.10. The molecule has 1 aromatic heterocycles. The smallest absolute Gasteiger partial charge is 0.161 e. The van der Waals surface area contributed by atoms with Gasteiger partial charge in [0.15, 0.2) is 11.5 Å². The van der Waals surface area contributed by atoms with Crippen LogP contribution in [0.15, 0.2) is 24.4 Å². The van der Waals surface area contributed by atoms with E-state index in [2.05, 4.69) is 35.9 Å². The van der Waals surface area contributed by atoms with Crippen molar-refractivity contribution in [1.29, 1.82) is 0 Å². The van der Waals surface area contributed by atoms with E-state index in [0.717, 1.165) is 68.5 Å². The standard InChI is InChI=1S/C23H31N3O3/c1-16(2)22-24-14-18-7-12-29-23(21(18)25-22)8-10-26(11-9-23)15-17-5-6-19(27-3)20(13-17)28-4/h5-6,13-14,16H,7-12,15H2,1-4H3. The van der Waals surface area contributed by atoms with Crippen LogP contribution in [0, 0.1) is 0 Å². The average Bonchev–Trinajstić information content (AvgIpc) is 2.75. The summed E-state index contributed by atoms with van der Waals surface area (Å²) < 4.78 is 17.2. The number of ether oxygens (including phenoxy) is 3. The highest BCUT2D eigenvalue weighted by Gasteiger charge is 2.42. The number of rotatable bonds is 5. The lowest BCUT2D eigenvalue weighted by molar-refractivity contribution is -0.102. The van der Waals surface area contributed by atoms with Crippen LogP contribution in [0.3, 0.4) is 0 Å². The molecule has 4 rings (SSSR count). The SMILES string of the molecule is COc1ccc(CN2CCC3(CC2)OCCc2cnc(C(C)C)nc23)cc1OC. The maximum absolute atomic E-state index is 6.38. The first-order chi connectivity index (χ1) is 14.0. The Hall–Kier alpha value is -2.18. The Balaban J connectivity index is 1.48. The number of hydrogen-bond donors (Lipinski definition) is 0. The van der Waals surface area contributed by atoms with E-state index in [1.165, 1.54) is 11.1 Å². The van der Waals surface area contributed by atoms with E-state index in [-0.39, 0.29) is 5.60 Å². The van der Waals surface area contributed by atoms with Gasteiger partial charge in [-0.25, -0.2) is 9.97 Å². The van der Waals surface area contributed by atoms with E-state index in [4.69, 9.17) is 19.2 Å². The minimum atomic E-state index is -0.256. The number of aromatic nitrogens is 2. The topological polar surface area (TPSA) is 56.7 Å². The van der Waals surface area contributed by atoms with Gasteiger partial charge in [0.25, 0.3) is 0 Å². The predicted molar refractivity (Wildman–Crippen MR) is 112 cm³/mol. The first kappa shape index (κ1) is 20.1. The summed E-state index contributed by atoms with van der Waals surface area (Å²) in [4.78, 5) is 12.0. The second kappa shape index (κ2) is 8.28. The Morgan fingerprint density at radius 3 is 2.59 bits per heavy atom. The van der Waals surface area contributed by atoms with Gasteiger partial charge in [0.2, 0.25) is 0 Å². The van der Waals surface area contributed by atoms with Crippen molar-refractivity contribution in [3.05, 3.63) is 47.0 Å². The molecule has 6 heteroatoms. The number of likely N-dealkylation sites (tertiary alicyclic amines) is 1. The molecule has 2 aliphatic heterocycles. The average molecular weight is 398 g/mol. The van der Waals surface area contributed by atoms with Crippen LogP contribution in [0.1, 0.15) is 55.3 Å². The second-order valence-electron chi connectivity index (χ2n) is 8.31. The van der Waals surface area contributed by atoms with E-state index < -0.39 is 0 Å². The minimum absolute atomic E-state index is 0.256. The van der Waals surface area contributed by atoms with Crippen LogP contribution in [0.5, 0.6) is 11.5 Å². The molecule has 29 heavy (non-hydrogen) atoms. The highest BCUT2D eigenvalue weighted by Crippen LogP contribution is 2.41. The normalized spacial score (nSPS) is 18.7. The van der Waals surface area contributed by atoms with E-state index >= 15 is 0 Å². The lowest BCUT2D eigenvalue weighted by atomic mass is 9.83. The molecule has 0 radical (unpaired) electrons. The number of piperidine rings is 1. The maximum Gasteiger partial charge on any atom is 0.161 e. The number of nitrogens with zero attached hydrogens (tertiary/aromatic N) is 3. The third kappa shape index (κ3) is 3.96. The quantitative estimate of drug-likeness (QED) is 0.767. The Morgan fingerprint density at radius 1 is 1.14 bits per heavy atom. The van der Waals surface area contributed by atoms with E-state index in [1.54, 1.807) is 14.2 Å². The molecule has 2 aliphatic rings. The molecule has 1 fully saturated rings. The van der Waals surface area contributed by atoms with Crippen molar-refractivity contribution in [3.63, 3.8) is 0 Å². The number of methoxy groups -OCH3 is 2. The second-order valence-corrected chi connectivity index (χ2v) is 8.31. The first-order valence-corrected chi connectivity index (χ1v) is 10.5. The largest absolute Gasteiger partial charge is 0.493 e. The van der Waals surface area contributed by atoms with Crippen LogP contribution in [-0.4, -0.2) is 48.8 Å². The van der Waals surface area contributed by atoms with Crippen molar-refractivity contribution in [2.75, 3.05) is 33.9 Å². The summed E-state index contributed by atoms with van der Waals surface area (Å²) in [6, 6.07) is 6.16. The Labute approximate surface area is 173 Å². The minimum Gasteiger partial charge on any atom is -0.493 e. The van der Waals surface area contributed by atoms with Crippen molar-refractivity contribution in [1.82, 2.24) is 14.9 Å². The van der Waals surface area contributed by atoms with Gasteiger partial charge in [-0.1, -0.05) is 19.9 Å². The van der Waals surface area contributed by atoms with Gasteiger partial charge in [-0.3, -0.25) is 4.90 Å². The summed E-state index contributed by atoms with van der Waals surface area (Å²) >= 11 is 0. The van der Waals surface area contributed by atoms with Gasteiger partial charge in [0.05, 0.1) is 26.5 Å². The molecular formula is C23H31N3O3. The number of hydrogen-bond acceptors (Lipinski definition) is 6. The fraction of sp³-hybridized carbons (Fsp3) is 0.565. The molecule has 0 aliphatic carbocycles. The summed E-state index contributed by atoms with van der Waals surface area (Å²) in [5.74, 6) is 2.79. The maximum atomic E-state index is 6.38. The molecule has 0 atom stereocenters. The van der Waals surface area contributed by atoms with Crippen molar-refractivity contribution in [3.8, 4) is 11.5 Å². The fourth-order valence-electron chi connectivity index (χ4n) is 4.39. The van der Waals surface area contributed by atoms with Gasteiger partial charge in [0.1, 0.15) is 11.4 Å². The van der Waals surface area contributed by atoms with Crippen LogP contribution in [0.2, 0.25) is 0 Å². The van der Waals surface area contributed by atoms with E-state index in [9.17, 15) is 0 Å². The van der Waals surface area contributed by atoms with Crippen molar-refractivity contribution >= 4 is 0 Å². The lowest BCUT2D eigenvalue weighted by Gasteiger charge is -2.44. The van der Waals surface area contributed by atoms with Gasteiger partial charge >= 0.3 is 0 Å². The molecule has 0 N–H and O–H groups in total. The van der Waals surface area contributed by atoms with E-state index in [0.29, 0.717) is 5.92 Å². The molecule has 0 bridgehead atoms. The fourth-order valence-corrected chi connectivity index (χ4v) is 4.39. The third-order valence-corrected chi connectivity index (χ3v) is 6.10. The predicted octanol–water partition coefficient (Wildman–Crippen LogP) is 3.68. The molecule has 0 amide bonds. The van der Waals surface area contributed by atoms with Crippen LogP contribution >= 0.6 is 0 Å². The molecule has 3 heterocycles. The molecule has 0 unspecified atom stereocenters. The zero-order valence-corrected chi connectivity index (χ0v) is 17.9. The first-order valence-electron chi connectivity index (χ1n) is 10.5. The van der Waals surface area contributed by atoms with E-state index in [1.807, 2.05) is 12.3 Å². The van der Waals surface area contributed by atoms with Gasteiger partial charge in [0, 0.05) is 31.7 Å². The Kier molecular flexibility index (Phi) is 5.74. The van der Waals surface area contributed by atoms with Crippen LogP contribution in [-0.2, 0) is 23.3 Å². The van der Waals surface area contributed by atoms with Gasteiger partial charge < -0.3 is 14.2 Å². The highest BCUT2D eigenvalue weighted by atomic mass is 16.5. The van der Waals surface area contributed by atoms with Crippen molar-refractivity contribution in [2.24, 2.45) is 0 Å². The zero-order valence-electron chi connectivity index (χ0n) is 17.9. The zero-order chi connectivity index (χ0) is 20.4. The molecule has 6 nitrogen and oxygen atoms in total. The summed E-state index contributed by atoms with van der Waals surface area (Å²) in [5, 5.41) is 0. The van der Waals surface area contributed by atoms with Gasteiger partial charge in [-0.15, -0.1) is 0 Å². The monoisotopic (exact) mass is 397 g/mol. The molecule has 156 valence electrons. The summed E-state index contributed by atoms with van der Waals surface area (Å²) in [6.07, 6.45) is 4.85. The van der Waals surface area contributed by atoms with Crippen molar-refractivity contribution in [2.45, 2.75) is 51.2 Å². The molecule has 2 aromatic rings. The lowest BCUT2D eigenvalue weighted by Crippen LogP contribution is -2.47. The Morgan fingerprint density at radius 2 is 1.90 bits per heavy atom. The molecular weight excluding hydrogens is 366 g/mol. The summed E-state index contributed by atoms with van der Waals surface area (Å²) in [5.41, 5.74) is 3.36. The van der Waals surface area contributed by atoms with Gasteiger partial charge in [-0.2, -0.15) is 0 Å².